The first-order valence-corrected chi connectivity index (χ1v) is 8.22. The van der Waals surface area contributed by atoms with Crippen molar-refractivity contribution in [2.75, 3.05) is 18.5 Å². The Balaban J connectivity index is 1.74. The topological polar surface area (TPSA) is 152 Å². The largest absolute Gasteiger partial charge is 0.393 e. The van der Waals surface area contributed by atoms with Gasteiger partial charge in [0.2, 0.25) is 11.9 Å². The molecule has 0 aliphatic carbocycles. The lowest BCUT2D eigenvalue weighted by Crippen LogP contribution is -2.44. The maximum Gasteiger partial charge on any atom is 0.280 e. The number of imidazole rings is 1. The lowest BCUT2D eigenvalue weighted by atomic mass is 10.0. The Bertz CT molecular complexity index is 923. The summed E-state index contributed by atoms with van der Waals surface area (Å²) in [5, 5.41) is 22.4. The number of ether oxygens (including phenoxy) is 2. The summed E-state index contributed by atoms with van der Waals surface area (Å²) >= 11 is 0. The van der Waals surface area contributed by atoms with Crippen LogP contribution in [0.5, 0.6) is 0 Å². The van der Waals surface area contributed by atoms with E-state index in [2.05, 4.69) is 20.3 Å². The van der Waals surface area contributed by atoms with E-state index in [9.17, 15) is 19.8 Å². The fraction of sp³-hybridized carbons (Fsp3) is 0.600. The van der Waals surface area contributed by atoms with Crippen molar-refractivity contribution < 1.29 is 24.5 Å². The summed E-state index contributed by atoms with van der Waals surface area (Å²) in [6, 6.07) is 0. The van der Waals surface area contributed by atoms with E-state index in [4.69, 9.17) is 9.47 Å². The predicted molar refractivity (Wildman–Crippen MR) is 87.3 cm³/mol. The van der Waals surface area contributed by atoms with E-state index in [0.29, 0.717) is 0 Å². The fourth-order valence-corrected chi connectivity index (χ4v) is 3.19. The molecule has 2 aromatic heterocycles. The molecule has 0 saturated carbocycles. The number of amides is 1. The van der Waals surface area contributed by atoms with Crippen molar-refractivity contribution in [2.45, 2.75) is 37.9 Å². The Labute approximate surface area is 147 Å². The van der Waals surface area contributed by atoms with Gasteiger partial charge in [0.25, 0.3) is 5.56 Å². The molecule has 4 N–H and O–H groups in total. The molecule has 2 bridgehead atoms. The molecule has 11 nitrogen and oxygen atoms in total. The Morgan fingerprint density at radius 2 is 2.35 bits per heavy atom. The van der Waals surface area contributed by atoms with Crippen molar-refractivity contribution in [3.8, 4) is 0 Å². The third-order valence-electron chi connectivity index (χ3n) is 4.75. The van der Waals surface area contributed by atoms with E-state index in [0.717, 1.165) is 0 Å². The van der Waals surface area contributed by atoms with Crippen molar-refractivity contribution in [1.29, 1.82) is 0 Å². The highest BCUT2D eigenvalue weighted by Crippen LogP contribution is 2.45. The molecule has 2 unspecified atom stereocenters. The van der Waals surface area contributed by atoms with Crippen molar-refractivity contribution in [2.24, 2.45) is 5.92 Å². The van der Waals surface area contributed by atoms with Gasteiger partial charge in [0.05, 0.1) is 19.5 Å². The number of aliphatic hydroxyl groups excluding tert-OH is 2. The molecule has 2 aromatic rings. The molecule has 4 rings (SSSR count). The molecule has 26 heavy (non-hydrogen) atoms. The Kier molecular flexibility index (Phi) is 3.84. The van der Waals surface area contributed by atoms with Crippen LogP contribution in [0.25, 0.3) is 11.2 Å². The second-order valence-corrected chi connectivity index (χ2v) is 6.83. The second-order valence-electron chi connectivity index (χ2n) is 6.83. The summed E-state index contributed by atoms with van der Waals surface area (Å²) in [5.74, 6) is -0.597. The van der Waals surface area contributed by atoms with Gasteiger partial charge in [-0.3, -0.25) is 24.5 Å². The van der Waals surface area contributed by atoms with Crippen LogP contribution in [0, 0.1) is 5.92 Å². The molecule has 4 heterocycles. The molecule has 0 radical (unpaired) electrons. The van der Waals surface area contributed by atoms with Crippen molar-refractivity contribution in [3.63, 3.8) is 0 Å². The number of nitrogens with one attached hydrogen (secondary N) is 2. The highest BCUT2D eigenvalue weighted by Gasteiger charge is 2.61. The molecule has 11 heteroatoms. The van der Waals surface area contributed by atoms with Crippen LogP contribution in [0.15, 0.2) is 11.1 Å². The number of carbonyl (C=O) groups is 1. The van der Waals surface area contributed by atoms with Crippen molar-refractivity contribution >= 4 is 23.0 Å². The standard InChI is InChI=1S/C15H19N5O6/c1-6(2)11(23)18-14-17-10-7(12(24)19-14)16-5-20(10)13-8-9(22)15(3-21,26-13)4-25-8/h5-6,8-9,13,21-22H,3-4H2,1-2H3,(H2,17,18,19,23,24)/t8?,9?,13-,15+/m1/s1. The van der Waals surface area contributed by atoms with Crippen LogP contribution in [0.2, 0.25) is 0 Å². The van der Waals surface area contributed by atoms with Crippen LogP contribution in [-0.4, -0.2) is 66.7 Å². The Morgan fingerprint density at radius 3 is 3.00 bits per heavy atom. The lowest BCUT2D eigenvalue weighted by Gasteiger charge is -2.29. The van der Waals surface area contributed by atoms with E-state index < -0.39 is 36.2 Å². The summed E-state index contributed by atoms with van der Waals surface area (Å²) in [6.07, 6.45) is -1.20. The first-order chi connectivity index (χ1) is 12.4. The van der Waals surface area contributed by atoms with Crippen LogP contribution in [0.4, 0.5) is 5.95 Å². The molecule has 140 valence electrons. The number of hydrogen-bond acceptors (Lipinski definition) is 8. The zero-order valence-electron chi connectivity index (χ0n) is 14.2. The van der Waals surface area contributed by atoms with E-state index in [1.807, 2.05) is 0 Å². The third-order valence-corrected chi connectivity index (χ3v) is 4.75. The average Bonchev–Trinajstić information content (AvgIpc) is 3.25. The van der Waals surface area contributed by atoms with Crippen LogP contribution in [-0.2, 0) is 14.3 Å². The molecule has 0 spiro atoms. The van der Waals surface area contributed by atoms with Crippen LogP contribution in [0.3, 0.4) is 0 Å². The normalized spacial score (nSPS) is 30.4. The van der Waals surface area contributed by atoms with Gasteiger partial charge in [0, 0.05) is 5.92 Å². The van der Waals surface area contributed by atoms with Crippen molar-refractivity contribution in [1.82, 2.24) is 19.5 Å². The Morgan fingerprint density at radius 1 is 1.58 bits per heavy atom. The maximum atomic E-state index is 12.2. The first-order valence-electron chi connectivity index (χ1n) is 8.22. The lowest BCUT2D eigenvalue weighted by molar-refractivity contribution is -0.185. The van der Waals surface area contributed by atoms with Crippen LogP contribution in [0.1, 0.15) is 20.1 Å². The van der Waals surface area contributed by atoms with Crippen molar-refractivity contribution in [3.05, 3.63) is 16.7 Å². The summed E-state index contributed by atoms with van der Waals surface area (Å²) in [7, 11) is 0. The minimum Gasteiger partial charge on any atom is -0.393 e. The summed E-state index contributed by atoms with van der Waals surface area (Å²) in [4.78, 5) is 34.9. The van der Waals surface area contributed by atoms with E-state index in [1.165, 1.54) is 10.9 Å². The minimum absolute atomic E-state index is 0.00977. The minimum atomic E-state index is -1.21. The molecule has 2 fully saturated rings. The molecule has 1 amide bonds. The number of anilines is 1. The molecular formula is C15H19N5O6. The number of aliphatic hydroxyl groups is 2. The molecular weight excluding hydrogens is 346 g/mol. The second kappa shape index (κ2) is 5.84. The van der Waals surface area contributed by atoms with Crippen LogP contribution >= 0.6 is 0 Å². The molecule has 2 aliphatic rings. The van der Waals surface area contributed by atoms with E-state index >= 15 is 0 Å². The SMILES string of the molecule is CC(C)C(=O)Nc1nc2c(ncn2[C@@H]2O[C@@]3(CO)COC2C3O)c(=O)[nH]1. The van der Waals surface area contributed by atoms with E-state index in [1.54, 1.807) is 13.8 Å². The van der Waals surface area contributed by atoms with Gasteiger partial charge in [0.1, 0.15) is 17.8 Å². The van der Waals surface area contributed by atoms with Gasteiger partial charge in [0.15, 0.2) is 17.4 Å². The van der Waals surface area contributed by atoms with E-state index in [-0.39, 0.29) is 35.5 Å². The van der Waals surface area contributed by atoms with Gasteiger partial charge >= 0.3 is 0 Å². The predicted octanol–water partition coefficient (Wildman–Crippen LogP) is -1.27. The highest BCUT2D eigenvalue weighted by atomic mass is 16.7. The summed E-state index contributed by atoms with van der Waals surface area (Å²) < 4.78 is 12.8. The van der Waals surface area contributed by atoms with Crippen LogP contribution < -0.4 is 10.9 Å². The third kappa shape index (κ3) is 2.35. The number of aromatic nitrogens is 4. The number of H-pyrrole nitrogens is 1. The smallest absolute Gasteiger partial charge is 0.280 e. The van der Waals surface area contributed by atoms with Gasteiger partial charge in [-0.2, -0.15) is 4.98 Å². The molecule has 2 saturated heterocycles. The quantitative estimate of drug-likeness (QED) is 0.524. The average molecular weight is 365 g/mol. The number of rotatable bonds is 4. The first kappa shape index (κ1) is 17.1. The summed E-state index contributed by atoms with van der Waals surface area (Å²) in [5.41, 5.74) is -1.49. The van der Waals surface area contributed by atoms with Gasteiger partial charge in [-0.15, -0.1) is 0 Å². The number of nitrogens with zero attached hydrogens (tertiary/aromatic N) is 3. The highest BCUT2D eigenvalue weighted by molar-refractivity contribution is 5.91. The summed E-state index contributed by atoms with van der Waals surface area (Å²) in [6.45, 7) is 3.10. The van der Waals surface area contributed by atoms with Gasteiger partial charge < -0.3 is 19.7 Å². The molecule has 4 atom stereocenters. The number of fused-ring (bicyclic) bond motifs is 3. The zero-order valence-corrected chi connectivity index (χ0v) is 14.2. The monoisotopic (exact) mass is 365 g/mol. The van der Waals surface area contributed by atoms with Gasteiger partial charge in [-0.1, -0.05) is 13.8 Å². The number of hydrogen-bond donors (Lipinski definition) is 4. The maximum absolute atomic E-state index is 12.2. The molecule has 0 aromatic carbocycles. The zero-order chi connectivity index (χ0) is 18.6. The molecule has 2 aliphatic heterocycles. The van der Waals surface area contributed by atoms with Gasteiger partial charge in [-0.05, 0) is 0 Å². The number of aromatic amines is 1. The Hall–Kier alpha value is -2.34. The van der Waals surface area contributed by atoms with Gasteiger partial charge in [-0.25, -0.2) is 4.98 Å². The number of carbonyl (C=O) groups excluding carboxylic acids is 1. The fourth-order valence-electron chi connectivity index (χ4n) is 3.19.